The predicted octanol–water partition coefficient (Wildman–Crippen LogP) is 1.68. The summed E-state index contributed by atoms with van der Waals surface area (Å²) in [6.07, 6.45) is 4.78. The van der Waals surface area contributed by atoms with Crippen LogP contribution in [0.1, 0.15) is 25.7 Å². The van der Waals surface area contributed by atoms with Gasteiger partial charge < -0.3 is 15.0 Å². The average molecular weight is 343 g/mol. The standard InChI is InChI=1S/C14H22N3O3PS/c1-3-6-20-14(19)16-10-4-5-11(16)8-12(7-10)17(21-22)13(18)9-15-2/h3,10-12,15H,1,4-9H2,2H3/t10-,11+,12+. The number of carbonyl (C=O) groups excluding carboxylic acids is 2. The molecule has 122 valence electrons. The van der Waals surface area contributed by atoms with Gasteiger partial charge in [0.1, 0.15) is 6.61 Å². The van der Waals surface area contributed by atoms with Crippen LogP contribution in [-0.4, -0.2) is 59.9 Å². The smallest absolute Gasteiger partial charge is 0.410 e. The Morgan fingerprint density at radius 1 is 1.45 bits per heavy atom. The molecular formula is C14H22N3O3PS. The van der Waals surface area contributed by atoms with Crippen LogP contribution in [-0.2, 0) is 21.3 Å². The normalized spacial score (nSPS) is 26.8. The van der Waals surface area contributed by atoms with E-state index >= 15 is 0 Å². The second-order valence-electron chi connectivity index (χ2n) is 5.63. The van der Waals surface area contributed by atoms with Gasteiger partial charge in [0.2, 0.25) is 5.91 Å². The second-order valence-corrected chi connectivity index (χ2v) is 6.72. The molecule has 2 aliphatic heterocycles. The molecule has 0 spiro atoms. The first-order chi connectivity index (χ1) is 10.6. The highest BCUT2D eigenvalue weighted by Crippen LogP contribution is 2.39. The fourth-order valence-corrected chi connectivity index (χ4v) is 4.56. The number of rotatable bonds is 6. The molecule has 1 N–H and O–H groups in total. The fraction of sp³-hybridized carbons (Fsp3) is 0.714. The first kappa shape index (κ1) is 17.3. The highest BCUT2D eigenvalue weighted by molar-refractivity contribution is 7.95. The minimum absolute atomic E-state index is 0.0197. The van der Waals surface area contributed by atoms with E-state index in [0.29, 0.717) is 14.1 Å². The van der Waals surface area contributed by atoms with Crippen LogP contribution in [0, 0.1) is 0 Å². The summed E-state index contributed by atoms with van der Waals surface area (Å²) in [5.74, 6) is 0.0197. The van der Waals surface area contributed by atoms with Crippen molar-refractivity contribution in [3.8, 4) is 0 Å². The number of hydrogen-bond acceptors (Lipinski definition) is 5. The van der Waals surface area contributed by atoms with Crippen molar-refractivity contribution in [1.29, 1.82) is 0 Å². The average Bonchev–Trinajstić information content (AvgIpc) is 2.77. The zero-order chi connectivity index (χ0) is 16.1. The van der Waals surface area contributed by atoms with Gasteiger partial charge in [-0.05, 0) is 44.5 Å². The number of amides is 2. The van der Waals surface area contributed by atoms with E-state index in [1.165, 1.54) is 0 Å². The first-order valence-electron chi connectivity index (χ1n) is 7.48. The van der Waals surface area contributed by atoms with Crippen molar-refractivity contribution in [3.05, 3.63) is 12.7 Å². The molecule has 0 aromatic carbocycles. The van der Waals surface area contributed by atoms with Crippen molar-refractivity contribution in [2.75, 3.05) is 20.2 Å². The molecule has 2 rings (SSSR count). The van der Waals surface area contributed by atoms with Crippen LogP contribution >= 0.6 is 7.51 Å². The van der Waals surface area contributed by atoms with Crippen molar-refractivity contribution < 1.29 is 14.3 Å². The molecule has 2 amide bonds. The Hall–Kier alpha value is -1.04. The third-order valence-corrected chi connectivity index (χ3v) is 5.51. The number of ether oxygens (including phenoxy) is 1. The maximum Gasteiger partial charge on any atom is 0.410 e. The summed E-state index contributed by atoms with van der Waals surface area (Å²) in [5.41, 5.74) is 0. The van der Waals surface area contributed by atoms with Crippen molar-refractivity contribution in [2.24, 2.45) is 0 Å². The summed E-state index contributed by atoms with van der Waals surface area (Å²) in [5, 5.41) is 2.87. The van der Waals surface area contributed by atoms with Crippen LogP contribution in [0.25, 0.3) is 0 Å². The monoisotopic (exact) mass is 343 g/mol. The van der Waals surface area contributed by atoms with Crippen LogP contribution in [0.4, 0.5) is 4.79 Å². The Balaban J connectivity index is 2.02. The maximum absolute atomic E-state index is 12.1. The van der Waals surface area contributed by atoms with Crippen molar-refractivity contribution in [2.45, 2.75) is 43.8 Å². The lowest BCUT2D eigenvalue weighted by atomic mass is 9.97. The Morgan fingerprint density at radius 2 is 2.09 bits per heavy atom. The van der Waals surface area contributed by atoms with Gasteiger partial charge in [0.15, 0.2) is 0 Å². The van der Waals surface area contributed by atoms with Gasteiger partial charge in [-0.25, -0.2) is 4.79 Å². The van der Waals surface area contributed by atoms with E-state index in [-0.39, 0.29) is 36.7 Å². The number of carbonyl (C=O) groups is 2. The molecule has 0 saturated carbocycles. The number of likely N-dealkylation sites (N-methyl/N-ethyl adjacent to an activating group) is 1. The van der Waals surface area contributed by atoms with Gasteiger partial charge in [-0.2, -0.15) is 0 Å². The lowest BCUT2D eigenvalue weighted by Gasteiger charge is -2.40. The number of piperidine rings is 1. The van der Waals surface area contributed by atoms with Gasteiger partial charge in [-0.15, -0.1) is 0 Å². The Labute approximate surface area is 137 Å². The first-order valence-corrected chi connectivity index (χ1v) is 9.34. The molecule has 8 heteroatoms. The number of hydrogen-bond donors (Lipinski definition) is 1. The molecule has 0 unspecified atom stereocenters. The molecule has 22 heavy (non-hydrogen) atoms. The summed E-state index contributed by atoms with van der Waals surface area (Å²) < 4.78 is 6.92. The van der Waals surface area contributed by atoms with E-state index in [1.54, 1.807) is 17.8 Å². The van der Waals surface area contributed by atoms with E-state index < -0.39 is 0 Å². The van der Waals surface area contributed by atoms with E-state index in [0.717, 1.165) is 25.7 Å². The van der Waals surface area contributed by atoms with E-state index in [4.69, 9.17) is 16.5 Å². The van der Waals surface area contributed by atoms with Gasteiger partial charge in [-0.1, -0.05) is 12.7 Å². The van der Waals surface area contributed by atoms with Crippen molar-refractivity contribution >= 4 is 31.3 Å². The van der Waals surface area contributed by atoms with Crippen molar-refractivity contribution in [3.63, 3.8) is 0 Å². The maximum atomic E-state index is 12.1. The summed E-state index contributed by atoms with van der Waals surface area (Å²) in [7, 11) is 2.30. The number of nitrogens with zero attached hydrogens (tertiary/aromatic N) is 2. The van der Waals surface area contributed by atoms with Gasteiger partial charge in [-0.3, -0.25) is 9.46 Å². The number of nitrogens with one attached hydrogen (secondary N) is 1. The molecule has 2 heterocycles. The molecule has 2 fully saturated rings. The van der Waals surface area contributed by atoms with Gasteiger partial charge >= 0.3 is 6.09 Å². The fourth-order valence-electron chi connectivity index (χ4n) is 3.40. The Kier molecular flexibility index (Phi) is 6.29. The topological polar surface area (TPSA) is 61.9 Å². The van der Waals surface area contributed by atoms with Crippen LogP contribution in [0.15, 0.2) is 12.7 Å². The summed E-state index contributed by atoms with van der Waals surface area (Å²) in [6.45, 7) is 4.08. The molecule has 2 aliphatic rings. The predicted molar refractivity (Wildman–Crippen MR) is 88.3 cm³/mol. The van der Waals surface area contributed by atoms with Crippen molar-refractivity contribution in [1.82, 2.24) is 14.9 Å². The van der Waals surface area contributed by atoms with Gasteiger partial charge in [0, 0.05) is 18.1 Å². The lowest BCUT2D eigenvalue weighted by Crippen LogP contribution is -2.52. The molecular weight excluding hydrogens is 321 g/mol. The third-order valence-electron chi connectivity index (χ3n) is 4.26. The minimum atomic E-state index is -0.269. The Bertz CT molecular complexity index is 449. The molecule has 2 saturated heterocycles. The molecule has 0 aliphatic carbocycles. The zero-order valence-electron chi connectivity index (χ0n) is 12.7. The molecule has 6 nitrogen and oxygen atoms in total. The summed E-state index contributed by atoms with van der Waals surface area (Å²) in [6, 6.07) is 0.395. The number of fused-ring (bicyclic) bond motifs is 2. The largest absolute Gasteiger partial charge is 0.445 e. The minimum Gasteiger partial charge on any atom is -0.445 e. The zero-order valence-corrected chi connectivity index (χ0v) is 14.4. The molecule has 0 radical (unpaired) electrons. The summed E-state index contributed by atoms with van der Waals surface area (Å²) >= 11 is 5.11. The molecule has 2 bridgehead atoms. The summed E-state index contributed by atoms with van der Waals surface area (Å²) in [4.78, 5) is 26.1. The van der Waals surface area contributed by atoms with E-state index in [1.807, 2.05) is 4.90 Å². The van der Waals surface area contributed by atoms with Crippen LogP contribution in [0.3, 0.4) is 0 Å². The Morgan fingerprint density at radius 3 is 2.59 bits per heavy atom. The van der Waals surface area contributed by atoms with Gasteiger partial charge in [0.05, 0.1) is 14.1 Å². The molecule has 3 atom stereocenters. The van der Waals surface area contributed by atoms with Crippen LogP contribution in [0.5, 0.6) is 0 Å². The lowest BCUT2D eigenvalue weighted by molar-refractivity contribution is -0.127. The highest BCUT2D eigenvalue weighted by Gasteiger charge is 2.46. The van der Waals surface area contributed by atoms with Crippen LogP contribution in [0.2, 0.25) is 0 Å². The van der Waals surface area contributed by atoms with Crippen LogP contribution < -0.4 is 5.32 Å². The van der Waals surface area contributed by atoms with Gasteiger partial charge in [0.25, 0.3) is 0 Å². The molecule has 0 aromatic heterocycles. The van der Waals surface area contributed by atoms with E-state index in [2.05, 4.69) is 11.9 Å². The SMILES string of the molecule is C=CCOC(=O)N1[C@@H]2CC[C@H]1C[C@@H](N(P=S)C(=O)CNC)C2. The van der Waals surface area contributed by atoms with E-state index in [9.17, 15) is 9.59 Å². The molecule has 0 aromatic rings. The third kappa shape index (κ3) is 3.65. The quantitative estimate of drug-likeness (QED) is 0.587. The second kappa shape index (κ2) is 7.99. The highest BCUT2D eigenvalue weighted by atomic mass is 32.4.